The van der Waals surface area contributed by atoms with Crippen LogP contribution in [-0.4, -0.2) is 23.9 Å². The standard InChI is InChI=1S/C7H8N2O/c10-7-5-8-6-3-1-2-4-9(6)7/h1-3,8H,4-5H2. The summed E-state index contributed by atoms with van der Waals surface area (Å²) in [6.07, 6.45) is 5.83. The minimum Gasteiger partial charge on any atom is -0.362 e. The molecule has 1 N–H and O–H groups in total. The van der Waals surface area contributed by atoms with Gasteiger partial charge in [0.05, 0.1) is 6.54 Å². The lowest BCUT2D eigenvalue weighted by Crippen LogP contribution is -2.26. The molecule has 1 amide bonds. The smallest absolute Gasteiger partial charge is 0.247 e. The van der Waals surface area contributed by atoms with Crippen LogP contribution in [0.25, 0.3) is 0 Å². The second-order valence-corrected chi connectivity index (χ2v) is 2.34. The normalized spacial score (nSPS) is 22.2. The molecule has 0 radical (unpaired) electrons. The molecular formula is C7H8N2O. The molecule has 2 aliphatic rings. The zero-order chi connectivity index (χ0) is 6.97. The minimum absolute atomic E-state index is 0.163. The maximum Gasteiger partial charge on any atom is 0.247 e. The highest BCUT2D eigenvalue weighted by Crippen LogP contribution is 2.11. The molecule has 0 aromatic heterocycles. The Morgan fingerprint density at radius 3 is 3.30 bits per heavy atom. The number of nitrogens with one attached hydrogen (secondary N) is 1. The van der Waals surface area contributed by atoms with Crippen molar-refractivity contribution in [2.45, 2.75) is 0 Å². The van der Waals surface area contributed by atoms with Gasteiger partial charge in [-0.1, -0.05) is 12.2 Å². The zero-order valence-corrected chi connectivity index (χ0v) is 5.50. The van der Waals surface area contributed by atoms with Crippen molar-refractivity contribution in [3.63, 3.8) is 0 Å². The van der Waals surface area contributed by atoms with Gasteiger partial charge in [0.2, 0.25) is 5.91 Å². The van der Waals surface area contributed by atoms with Crippen LogP contribution >= 0.6 is 0 Å². The second-order valence-electron chi connectivity index (χ2n) is 2.34. The fourth-order valence-corrected chi connectivity index (χ4v) is 1.17. The minimum atomic E-state index is 0.163. The molecule has 3 heteroatoms. The number of carbonyl (C=O) groups is 1. The Kier molecular flexibility index (Phi) is 1.03. The fourth-order valence-electron chi connectivity index (χ4n) is 1.17. The molecule has 0 saturated carbocycles. The largest absolute Gasteiger partial charge is 0.362 e. The van der Waals surface area contributed by atoms with Crippen molar-refractivity contribution in [3.05, 3.63) is 24.0 Å². The summed E-state index contributed by atoms with van der Waals surface area (Å²) < 4.78 is 0. The summed E-state index contributed by atoms with van der Waals surface area (Å²) in [6.45, 7) is 1.17. The van der Waals surface area contributed by atoms with E-state index >= 15 is 0 Å². The van der Waals surface area contributed by atoms with Crippen LogP contribution < -0.4 is 5.32 Å². The Balaban J connectivity index is 2.31. The number of allylic oxidation sites excluding steroid dienone is 2. The van der Waals surface area contributed by atoms with Crippen molar-refractivity contribution in [1.82, 2.24) is 10.2 Å². The predicted molar refractivity (Wildman–Crippen MR) is 36.9 cm³/mol. The van der Waals surface area contributed by atoms with Crippen LogP contribution in [0.3, 0.4) is 0 Å². The highest BCUT2D eigenvalue weighted by Gasteiger charge is 2.24. The molecule has 0 aliphatic carbocycles. The Hall–Kier alpha value is -1.25. The van der Waals surface area contributed by atoms with Crippen molar-refractivity contribution in [2.75, 3.05) is 13.1 Å². The van der Waals surface area contributed by atoms with E-state index in [-0.39, 0.29) is 5.91 Å². The predicted octanol–water partition coefficient (Wildman–Crippen LogP) is -0.171. The molecule has 0 atom stereocenters. The van der Waals surface area contributed by atoms with Crippen LogP contribution in [0.2, 0.25) is 0 Å². The van der Waals surface area contributed by atoms with E-state index in [1.807, 2.05) is 18.2 Å². The lowest BCUT2D eigenvalue weighted by atomic mass is 10.3. The monoisotopic (exact) mass is 136 g/mol. The van der Waals surface area contributed by atoms with Gasteiger partial charge in [0.1, 0.15) is 5.82 Å². The van der Waals surface area contributed by atoms with Gasteiger partial charge in [-0.2, -0.15) is 0 Å². The van der Waals surface area contributed by atoms with E-state index in [0.29, 0.717) is 6.54 Å². The first-order valence-corrected chi connectivity index (χ1v) is 3.29. The molecule has 1 saturated heterocycles. The van der Waals surface area contributed by atoms with Crippen molar-refractivity contribution < 1.29 is 4.79 Å². The summed E-state index contributed by atoms with van der Waals surface area (Å²) in [5.74, 6) is 1.10. The first-order chi connectivity index (χ1) is 4.88. The molecule has 2 rings (SSSR count). The van der Waals surface area contributed by atoms with E-state index in [1.54, 1.807) is 4.90 Å². The summed E-state index contributed by atoms with van der Waals surface area (Å²) in [5, 5.41) is 2.99. The third-order valence-electron chi connectivity index (χ3n) is 1.69. The maximum atomic E-state index is 11.0. The third-order valence-corrected chi connectivity index (χ3v) is 1.69. The van der Waals surface area contributed by atoms with Crippen molar-refractivity contribution in [2.24, 2.45) is 0 Å². The molecule has 0 unspecified atom stereocenters. The molecule has 1 fully saturated rings. The highest BCUT2D eigenvalue weighted by molar-refractivity contribution is 5.83. The lowest BCUT2D eigenvalue weighted by molar-refractivity contribution is -0.125. The van der Waals surface area contributed by atoms with Crippen LogP contribution in [0, 0.1) is 0 Å². The summed E-state index contributed by atoms with van der Waals surface area (Å²) >= 11 is 0. The Bertz CT molecular complexity index is 230. The molecular weight excluding hydrogens is 128 g/mol. The number of nitrogens with zero attached hydrogens (tertiary/aromatic N) is 1. The van der Waals surface area contributed by atoms with E-state index in [9.17, 15) is 4.79 Å². The van der Waals surface area contributed by atoms with Gasteiger partial charge in [0, 0.05) is 6.54 Å². The maximum absolute atomic E-state index is 11.0. The van der Waals surface area contributed by atoms with Gasteiger partial charge >= 0.3 is 0 Å². The third kappa shape index (κ3) is 0.635. The summed E-state index contributed by atoms with van der Waals surface area (Å²) in [6, 6.07) is 0. The number of hydrogen-bond donors (Lipinski definition) is 1. The molecule has 0 aromatic carbocycles. The average molecular weight is 136 g/mol. The van der Waals surface area contributed by atoms with Gasteiger partial charge < -0.3 is 5.32 Å². The molecule has 10 heavy (non-hydrogen) atoms. The van der Waals surface area contributed by atoms with Crippen molar-refractivity contribution >= 4 is 5.91 Å². The van der Waals surface area contributed by atoms with E-state index in [0.717, 1.165) is 12.4 Å². The van der Waals surface area contributed by atoms with Gasteiger partial charge in [-0.15, -0.1) is 0 Å². The number of rotatable bonds is 0. The van der Waals surface area contributed by atoms with E-state index in [4.69, 9.17) is 0 Å². The van der Waals surface area contributed by atoms with E-state index in [1.165, 1.54) is 0 Å². The molecule has 0 aromatic rings. The van der Waals surface area contributed by atoms with Crippen LogP contribution in [0.4, 0.5) is 0 Å². The van der Waals surface area contributed by atoms with Gasteiger partial charge in [0.25, 0.3) is 0 Å². The molecule has 2 heterocycles. The average Bonchev–Trinajstić information content (AvgIpc) is 2.34. The SMILES string of the molecule is O=C1CNC2=CC=CCN12. The summed E-state index contributed by atoms with van der Waals surface area (Å²) in [4.78, 5) is 12.7. The van der Waals surface area contributed by atoms with Crippen LogP contribution in [0.15, 0.2) is 24.0 Å². The van der Waals surface area contributed by atoms with Crippen LogP contribution in [0.1, 0.15) is 0 Å². The van der Waals surface area contributed by atoms with E-state index < -0.39 is 0 Å². The first kappa shape index (κ1) is 5.53. The Morgan fingerprint density at radius 1 is 1.60 bits per heavy atom. The number of hydrogen-bond acceptors (Lipinski definition) is 2. The molecule has 0 spiro atoms. The number of carbonyl (C=O) groups excluding carboxylic acids is 1. The lowest BCUT2D eigenvalue weighted by Gasteiger charge is -2.16. The zero-order valence-electron chi connectivity index (χ0n) is 5.50. The van der Waals surface area contributed by atoms with Gasteiger partial charge in [-0.25, -0.2) is 0 Å². The molecule has 0 bridgehead atoms. The number of amides is 1. The van der Waals surface area contributed by atoms with Crippen molar-refractivity contribution in [1.29, 1.82) is 0 Å². The highest BCUT2D eigenvalue weighted by atomic mass is 16.2. The number of fused-ring (bicyclic) bond motifs is 1. The summed E-state index contributed by atoms with van der Waals surface area (Å²) in [5.41, 5.74) is 0. The fraction of sp³-hybridized carbons (Fsp3) is 0.286. The molecule has 3 nitrogen and oxygen atoms in total. The van der Waals surface area contributed by atoms with Gasteiger partial charge in [-0.05, 0) is 6.08 Å². The van der Waals surface area contributed by atoms with E-state index in [2.05, 4.69) is 5.32 Å². The van der Waals surface area contributed by atoms with Crippen LogP contribution in [0.5, 0.6) is 0 Å². The molecule has 52 valence electrons. The Morgan fingerprint density at radius 2 is 2.50 bits per heavy atom. The first-order valence-electron chi connectivity index (χ1n) is 3.29. The van der Waals surface area contributed by atoms with Gasteiger partial charge in [0.15, 0.2) is 0 Å². The second kappa shape index (κ2) is 1.87. The topological polar surface area (TPSA) is 32.3 Å². The van der Waals surface area contributed by atoms with Crippen LogP contribution in [-0.2, 0) is 4.79 Å². The Labute approximate surface area is 59.0 Å². The van der Waals surface area contributed by atoms with Crippen molar-refractivity contribution in [3.8, 4) is 0 Å². The molecule has 2 aliphatic heterocycles. The summed E-state index contributed by atoms with van der Waals surface area (Å²) in [7, 11) is 0. The quantitative estimate of drug-likeness (QED) is 0.501. The van der Waals surface area contributed by atoms with Gasteiger partial charge in [-0.3, -0.25) is 9.69 Å².